The van der Waals surface area contributed by atoms with Crippen LogP contribution in [-0.4, -0.2) is 17.1 Å². The topological polar surface area (TPSA) is 63.3 Å². The maximum Gasteiger partial charge on any atom is 1.00 e. The molecule has 0 rings (SSSR count). The van der Waals surface area contributed by atoms with Crippen molar-refractivity contribution in [2.75, 3.05) is 0 Å². The smallest absolute Gasteiger partial charge is 0.425 e. The van der Waals surface area contributed by atoms with E-state index in [1.807, 2.05) is 6.92 Å². The van der Waals surface area contributed by atoms with Gasteiger partial charge in [-0.25, -0.2) is 0 Å². The quantitative estimate of drug-likeness (QED) is 0.339. The largest absolute Gasteiger partial charge is 1.00 e. The van der Waals surface area contributed by atoms with E-state index in [1.54, 1.807) is 0 Å². The van der Waals surface area contributed by atoms with Crippen LogP contribution in [0.5, 0.6) is 0 Å². The molecule has 0 aliphatic heterocycles. The molecule has 0 bridgehead atoms. The summed E-state index contributed by atoms with van der Waals surface area (Å²) in [4.78, 5) is 10.4. The van der Waals surface area contributed by atoms with E-state index >= 15 is 0 Å². The van der Waals surface area contributed by atoms with Crippen LogP contribution >= 0.6 is 0 Å². The standard InChI is InChI=1S/C12H25NO.C4H9O.Na/c1-2-3-4-5-6-7-8-9-10-11-12(13)14;1-3-4(2)5;/h2-11H2,1H3,(H2,13,14);4-5H,2-3H2,1H3;/q;-1;+1. The molecule has 0 saturated carbocycles. The van der Waals surface area contributed by atoms with E-state index in [2.05, 4.69) is 13.8 Å². The second-order valence-corrected chi connectivity index (χ2v) is 5.11. The fraction of sp³-hybridized carbons (Fsp3) is 0.875. The van der Waals surface area contributed by atoms with Crippen LogP contribution in [0, 0.1) is 6.92 Å². The van der Waals surface area contributed by atoms with Crippen molar-refractivity contribution < 1.29 is 39.5 Å². The Kier molecular flexibility index (Phi) is 27.6. The molecule has 0 spiro atoms. The fourth-order valence-corrected chi connectivity index (χ4v) is 1.61. The van der Waals surface area contributed by atoms with E-state index in [-0.39, 0.29) is 41.6 Å². The van der Waals surface area contributed by atoms with Gasteiger partial charge in [0.25, 0.3) is 0 Å². The number of hydrogen-bond acceptors (Lipinski definition) is 2. The third kappa shape index (κ3) is 31.0. The second kappa shape index (κ2) is 21.7. The monoisotopic (exact) mass is 295 g/mol. The zero-order valence-corrected chi connectivity index (χ0v) is 16.0. The molecule has 0 aromatic carbocycles. The van der Waals surface area contributed by atoms with Gasteiger partial charge in [0.1, 0.15) is 0 Å². The van der Waals surface area contributed by atoms with Crippen LogP contribution in [0.4, 0.5) is 0 Å². The van der Waals surface area contributed by atoms with Crippen molar-refractivity contribution in [2.24, 2.45) is 5.73 Å². The van der Waals surface area contributed by atoms with Gasteiger partial charge in [-0.1, -0.05) is 77.7 Å². The molecule has 20 heavy (non-hydrogen) atoms. The van der Waals surface area contributed by atoms with Crippen LogP contribution in [-0.2, 0) is 4.79 Å². The van der Waals surface area contributed by atoms with E-state index in [0.717, 1.165) is 19.3 Å². The number of carbonyl (C=O) groups is 1. The van der Waals surface area contributed by atoms with Gasteiger partial charge in [-0.2, -0.15) is 0 Å². The molecule has 0 aliphatic rings. The molecule has 1 unspecified atom stereocenters. The van der Waals surface area contributed by atoms with Crippen LogP contribution in [0.3, 0.4) is 0 Å². The van der Waals surface area contributed by atoms with Gasteiger partial charge in [-0.05, 0) is 6.42 Å². The maximum absolute atomic E-state index is 10.4. The van der Waals surface area contributed by atoms with Crippen molar-refractivity contribution in [3.05, 3.63) is 6.92 Å². The van der Waals surface area contributed by atoms with Gasteiger partial charge in [0.15, 0.2) is 0 Å². The molecule has 0 aliphatic carbocycles. The fourth-order valence-electron chi connectivity index (χ4n) is 1.61. The zero-order chi connectivity index (χ0) is 14.9. The van der Waals surface area contributed by atoms with Gasteiger partial charge in [-0.15, -0.1) is 0 Å². The Labute approximate surface area is 148 Å². The van der Waals surface area contributed by atoms with Crippen LogP contribution in [0.1, 0.15) is 84.5 Å². The molecule has 1 amide bonds. The Bertz CT molecular complexity index is 187. The van der Waals surface area contributed by atoms with Crippen molar-refractivity contribution in [3.8, 4) is 0 Å². The van der Waals surface area contributed by atoms with Crippen LogP contribution < -0.4 is 35.3 Å². The van der Waals surface area contributed by atoms with Crippen molar-refractivity contribution in [1.82, 2.24) is 0 Å². The molecule has 1 atom stereocenters. The normalized spacial score (nSPS) is 11.0. The number of primary amides is 1. The molecular weight excluding hydrogens is 261 g/mol. The van der Waals surface area contributed by atoms with Crippen molar-refractivity contribution in [2.45, 2.75) is 90.6 Å². The first-order valence-corrected chi connectivity index (χ1v) is 7.84. The zero-order valence-electron chi connectivity index (χ0n) is 14.0. The minimum Gasteiger partial charge on any atom is -0.425 e. The second-order valence-electron chi connectivity index (χ2n) is 5.11. The van der Waals surface area contributed by atoms with Crippen molar-refractivity contribution in [3.63, 3.8) is 0 Å². The van der Waals surface area contributed by atoms with Crippen molar-refractivity contribution >= 4 is 5.91 Å². The number of aliphatic hydroxyl groups excluding tert-OH is 1. The summed E-state index contributed by atoms with van der Waals surface area (Å²) in [6, 6.07) is 0. The van der Waals surface area contributed by atoms with Crippen molar-refractivity contribution in [1.29, 1.82) is 0 Å². The summed E-state index contributed by atoms with van der Waals surface area (Å²) in [5.74, 6) is -0.159. The van der Waals surface area contributed by atoms with Gasteiger partial charge in [-0.3, -0.25) is 4.79 Å². The van der Waals surface area contributed by atoms with Gasteiger partial charge in [0.2, 0.25) is 5.91 Å². The minimum absolute atomic E-state index is 0. The van der Waals surface area contributed by atoms with E-state index in [1.165, 1.54) is 44.9 Å². The average Bonchev–Trinajstić information content (AvgIpc) is 2.37. The minimum atomic E-state index is -0.366. The summed E-state index contributed by atoms with van der Waals surface area (Å²) in [5, 5.41) is 8.25. The van der Waals surface area contributed by atoms with Gasteiger partial charge < -0.3 is 17.8 Å². The van der Waals surface area contributed by atoms with E-state index in [9.17, 15) is 4.79 Å². The summed E-state index contributed by atoms with van der Waals surface area (Å²) in [6.07, 6.45) is 12.5. The number of unbranched alkanes of at least 4 members (excludes halogenated alkanes) is 8. The number of rotatable bonds is 11. The Hall–Kier alpha value is 0.430. The number of hydrogen-bond donors (Lipinski definition) is 2. The molecule has 0 fully saturated rings. The summed E-state index contributed by atoms with van der Waals surface area (Å²) >= 11 is 0. The number of carbonyl (C=O) groups excluding carboxylic acids is 1. The van der Waals surface area contributed by atoms with Crippen LogP contribution in [0.2, 0.25) is 0 Å². The summed E-state index contributed by atoms with van der Waals surface area (Å²) in [6.45, 7) is 7.44. The molecule has 0 saturated heterocycles. The molecule has 0 heterocycles. The molecule has 3 nitrogen and oxygen atoms in total. The van der Waals surface area contributed by atoms with E-state index in [4.69, 9.17) is 10.8 Å². The predicted octanol–water partition coefficient (Wildman–Crippen LogP) is 0.988. The molecule has 4 heteroatoms. The third-order valence-corrected chi connectivity index (χ3v) is 3.00. The molecule has 0 aromatic rings. The summed E-state index contributed by atoms with van der Waals surface area (Å²) in [5.41, 5.74) is 5.05. The third-order valence-electron chi connectivity index (χ3n) is 3.00. The Morgan fingerprint density at radius 1 is 1.00 bits per heavy atom. The first kappa shape index (κ1) is 25.4. The first-order valence-electron chi connectivity index (χ1n) is 7.84. The molecule has 116 valence electrons. The Morgan fingerprint density at radius 2 is 1.35 bits per heavy atom. The Balaban J connectivity index is -0.000000414. The van der Waals surface area contributed by atoms with Crippen LogP contribution in [0.25, 0.3) is 0 Å². The number of nitrogens with two attached hydrogens (primary N) is 1. The molecular formula is C16H34NNaO2. The number of amides is 1. The van der Waals surface area contributed by atoms with Gasteiger partial charge in [0, 0.05) is 6.42 Å². The molecule has 3 N–H and O–H groups in total. The Morgan fingerprint density at radius 3 is 1.65 bits per heavy atom. The summed E-state index contributed by atoms with van der Waals surface area (Å²) in [7, 11) is 0. The molecule has 0 aromatic heterocycles. The molecule has 0 radical (unpaired) electrons. The summed E-state index contributed by atoms with van der Waals surface area (Å²) < 4.78 is 0. The van der Waals surface area contributed by atoms with E-state index < -0.39 is 0 Å². The van der Waals surface area contributed by atoms with Gasteiger partial charge >= 0.3 is 29.6 Å². The predicted molar refractivity (Wildman–Crippen MR) is 82.7 cm³/mol. The maximum atomic E-state index is 10.4. The SMILES string of the molecule is CCCCCCCCCCCC(N)=O.[CH2-]C(O)CC.[Na+]. The average molecular weight is 295 g/mol. The van der Waals surface area contributed by atoms with Gasteiger partial charge in [0.05, 0.1) is 0 Å². The van der Waals surface area contributed by atoms with Crippen LogP contribution in [0.15, 0.2) is 0 Å². The van der Waals surface area contributed by atoms with E-state index in [0.29, 0.717) is 6.42 Å². The first-order chi connectivity index (χ1) is 9.04. The number of aliphatic hydroxyl groups is 1.